The molecule has 0 saturated heterocycles. The third-order valence-corrected chi connectivity index (χ3v) is 10.9. The quantitative estimate of drug-likeness (QED) is 0.0262. The lowest BCUT2D eigenvalue weighted by atomic mass is 10.1. The number of hydrogen-bond acceptors (Lipinski definition) is 6. The van der Waals surface area contributed by atoms with Crippen LogP contribution in [0, 0.1) is 0 Å². The number of hydrogen-bond donors (Lipinski definition) is 0. The molecule has 0 fully saturated rings. The Balaban J connectivity index is 4.57. The second-order valence-corrected chi connectivity index (χ2v) is 17.4. The Labute approximate surface area is 412 Å². The molecule has 0 aliphatic heterocycles. The summed E-state index contributed by atoms with van der Waals surface area (Å²) in [7, 11) is 0. The van der Waals surface area contributed by atoms with Gasteiger partial charge in [0.25, 0.3) is 0 Å². The first kappa shape index (κ1) is 62.8. The van der Waals surface area contributed by atoms with E-state index >= 15 is 0 Å². The summed E-state index contributed by atoms with van der Waals surface area (Å²) in [5.74, 6) is -1.04. The van der Waals surface area contributed by atoms with Crippen LogP contribution in [-0.2, 0) is 28.6 Å². The van der Waals surface area contributed by atoms with Gasteiger partial charge in [-0.15, -0.1) is 0 Å². The van der Waals surface area contributed by atoms with Gasteiger partial charge in [-0.25, -0.2) is 0 Å². The molecule has 0 heterocycles. The lowest BCUT2D eigenvalue weighted by Crippen LogP contribution is -2.30. The Hall–Kier alpha value is -4.19. The van der Waals surface area contributed by atoms with Gasteiger partial charge in [0.2, 0.25) is 0 Å². The number of esters is 3. The van der Waals surface area contributed by atoms with E-state index in [1.807, 2.05) is 12.2 Å². The van der Waals surface area contributed by atoms with Crippen LogP contribution in [0.25, 0.3) is 0 Å². The minimum Gasteiger partial charge on any atom is -0.462 e. The van der Waals surface area contributed by atoms with Crippen LogP contribution in [0.5, 0.6) is 0 Å². The van der Waals surface area contributed by atoms with E-state index in [0.717, 1.165) is 128 Å². The molecule has 67 heavy (non-hydrogen) atoms. The summed E-state index contributed by atoms with van der Waals surface area (Å²) in [6, 6.07) is 0. The van der Waals surface area contributed by atoms with E-state index in [-0.39, 0.29) is 44.0 Å². The zero-order valence-electron chi connectivity index (χ0n) is 43.1. The lowest BCUT2D eigenvalue weighted by molar-refractivity contribution is -0.166. The van der Waals surface area contributed by atoms with Crippen LogP contribution in [-0.4, -0.2) is 37.2 Å². The molecule has 0 aromatic heterocycles. The first-order valence-electron chi connectivity index (χ1n) is 27.0. The van der Waals surface area contributed by atoms with Gasteiger partial charge < -0.3 is 14.2 Å². The van der Waals surface area contributed by atoms with Gasteiger partial charge in [-0.1, -0.05) is 206 Å². The van der Waals surface area contributed by atoms with Crippen LogP contribution < -0.4 is 0 Å². The van der Waals surface area contributed by atoms with E-state index in [9.17, 15) is 14.4 Å². The van der Waals surface area contributed by atoms with E-state index in [1.54, 1.807) is 0 Å². The molecule has 0 unspecified atom stereocenters. The highest BCUT2D eigenvalue weighted by molar-refractivity contribution is 5.71. The van der Waals surface area contributed by atoms with Gasteiger partial charge in [-0.3, -0.25) is 14.4 Å². The zero-order chi connectivity index (χ0) is 48.6. The predicted molar refractivity (Wildman–Crippen MR) is 288 cm³/mol. The highest BCUT2D eigenvalue weighted by atomic mass is 16.6. The first-order chi connectivity index (χ1) is 33.0. The Morgan fingerprint density at radius 3 is 1.00 bits per heavy atom. The van der Waals surface area contributed by atoms with Gasteiger partial charge in [0.1, 0.15) is 13.2 Å². The van der Waals surface area contributed by atoms with Crippen molar-refractivity contribution in [1.82, 2.24) is 0 Å². The molecule has 0 aromatic rings. The van der Waals surface area contributed by atoms with Gasteiger partial charge in [0.05, 0.1) is 0 Å². The van der Waals surface area contributed by atoms with Crippen molar-refractivity contribution in [3.8, 4) is 0 Å². The average molecular weight is 927 g/mol. The summed E-state index contributed by atoms with van der Waals surface area (Å²) in [6.07, 6.45) is 74.7. The first-order valence-corrected chi connectivity index (χ1v) is 27.0. The van der Waals surface area contributed by atoms with Gasteiger partial charge in [-0.05, 0) is 122 Å². The Morgan fingerprint density at radius 2 is 0.612 bits per heavy atom. The van der Waals surface area contributed by atoms with Crippen molar-refractivity contribution in [3.05, 3.63) is 122 Å². The monoisotopic (exact) mass is 927 g/mol. The minimum atomic E-state index is -0.825. The maximum absolute atomic E-state index is 12.8. The van der Waals surface area contributed by atoms with Gasteiger partial charge in [0.15, 0.2) is 6.10 Å². The lowest BCUT2D eigenvalue weighted by Gasteiger charge is -2.18. The van der Waals surface area contributed by atoms with Crippen LogP contribution in [0.1, 0.15) is 226 Å². The molecular formula is C61H98O6. The van der Waals surface area contributed by atoms with Crippen molar-refractivity contribution in [2.75, 3.05) is 13.2 Å². The van der Waals surface area contributed by atoms with Crippen molar-refractivity contribution in [3.63, 3.8) is 0 Å². The highest BCUT2D eigenvalue weighted by Gasteiger charge is 2.19. The van der Waals surface area contributed by atoms with Crippen molar-refractivity contribution in [2.24, 2.45) is 0 Å². The molecule has 0 aliphatic rings. The van der Waals surface area contributed by atoms with E-state index in [0.29, 0.717) is 12.8 Å². The molecule has 0 radical (unpaired) electrons. The van der Waals surface area contributed by atoms with E-state index in [4.69, 9.17) is 14.2 Å². The number of ether oxygens (including phenoxy) is 3. The molecule has 0 amide bonds. The van der Waals surface area contributed by atoms with Gasteiger partial charge in [-0.2, -0.15) is 0 Å². The zero-order valence-corrected chi connectivity index (χ0v) is 43.1. The number of carbonyl (C=O) groups excluding carboxylic acids is 3. The van der Waals surface area contributed by atoms with Crippen LogP contribution in [0.4, 0.5) is 0 Å². The third kappa shape index (κ3) is 52.6. The smallest absolute Gasteiger partial charge is 0.306 e. The summed E-state index contributed by atoms with van der Waals surface area (Å²) in [4.78, 5) is 38.0. The number of allylic oxidation sites excluding steroid dienone is 20. The number of unbranched alkanes of at least 4 members (excludes halogenated alkanes) is 16. The fraction of sp³-hybridized carbons (Fsp3) is 0.623. The van der Waals surface area contributed by atoms with Crippen LogP contribution in [0.15, 0.2) is 122 Å². The summed E-state index contributed by atoms with van der Waals surface area (Å²) in [5.41, 5.74) is 0. The number of carbonyl (C=O) groups is 3. The fourth-order valence-corrected chi connectivity index (χ4v) is 6.88. The second-order valence-electron chi connectivity index (χ2n) is 17.4. The molecule has 0 spiro atoms. The van der Waals surface area contributed by atoms with E-state index < -0.39 is 6.10 Å². The van der Waals surface area contributed by atoms with Gasteiger partial charge >= 0.3 is 17.9 Å². The molecule has 0 N–H and O–H groups in total. The van der Waals surface area contributed by atoms with E-state index in [1.165, 1.54) is 51.4 Å². The number of rotatable bonds is 47. The van der Waals surface area contributed by atoms with Crippen LogP contribution in [0.2, 0.25) is 0 Å². The second kappa shape index (κ2) is 54.4. The summed E-state index contributed by atoms with van der Waals surface area (Å²) in [5, 5.41) is 0. The van der Waals surface area contributed by atoms with Crippen molar-refractivity contribution in [1.29, 1.82) is 0 Å². The SMILES string of the molecule is CC/C=C\C/C=C\C/C=C\C/C=C\C/C=C\C/C=C\CCC(=O)OC[C@@H](COC(=O)CCCCCCC/C=C\C/C=C\CCCCC)OC(=O)CCCCCCC/C=C\C/C=C\CCCCC. The summed E-state index contributed by atoms with van der Waals surface area (Å²) in [6.45, 7) is 6.37. The molecule has 6 nitrogen and oxygen atoms in total. The largest absolute Gasteiger partial charge is 0.462 e. The highest BCUT2D eigenvalue weighted by Crippen LogP contribution is 2.12. The topological polar surface area (TPSA) is 78.9 Å². The molecule has 0 saturated carbocycles. The van der Waals surface area contributed by atoms with Crippen molar-refractivity contribution >= 4 is 17.9 Å². The van der Waals surface area contributed by atoms with Gasteiger partial charge in [0, 0.05) is 19.3 Å². The Kier molecular flexibility index (Phi) is 51.0. The average Bonchev–Trinajstić information content (AvgIpc) is 3.33. The van der Waals surface area contributed by atoms with Crippen molar-refractivity contribution < 1.29 is 28.6 Å². The molecule has 0 aliphatic carbocycles. The molecule has 1 atom stereocenters. The third-order valence-electron chi connectivity index (χ3n) is 10.9. The van der Waals surface area contributed by atoms with Crippen molar-refractivity contribution in [2.45, 2.75) is 232 Å². The van der Waals surface area contributed by atoms with Crippen LogP contribution in [0.3, 0.4) is 0 Å². The molecule has 0 bridgehead atoms. The molecular weight excluding hydrogens is 829 g/mol. The Bertz CT molecular complexity index is 1440. The standard InChI is InChI=1S/C61H98O6/c1-4-7-10-13-16-19-22-25-28-29-30-31-34-36-39-42-45-48-51-54-60(63)66-57-58(67-61(64)55-52-49-46-43-40-37-33-27-24-21-18-15-12-9-6-3)56-65-59(62)53-50-47-44-41-38-35-32-26-23-20-17-14-11-8-5-2/h7,10,16-21,25-28,30-33,36,39,45,48,58H,4-6,8-9,11-15,22-24,29,34-35,37-38,40-44,46-47,49-57H2,1-3H3/b10-7-,19-16-,20-17-,21-18-,28-25-,31-30-,32-26-,33-27-,39-36-,48-45-/t58-/m1/s1. The van der Waals surface area contributed by atoms with E-state index in [2.05, 4.69) is 130 Å². The normalized spacial score (nSPS) is 13.1. The fourth-order valence-electron chi connectivity index (χ4n) is 6.88. The predicted octanol–water partition coefficient (Wildman–Crippen LogP) is 18.1. The molecule has 6 heteroatoms. The maximum Gasteiger partial charge on any atom is 0.306 e. The molecule has 378 valence electrons. The Morgan fingerprint density at radius 1 is 0.313 bits per heavy atom. The van der Waals surface area contributed by atoms with Crippen LogP contribution >= 0.6 is 0 Å². The summed E-state index contributed by atoms with van der Waals surface area (Å²) < 4.78 is 16.7. The maximum atomic E-state index is 12.8. The molecule has 0 rings (SSSR count). The molecule has 0 aromatic carbocycles. The summed E-state index contributed by atoms with van der Waals surface area (Å²) >= 11 is 0. The minimum absolute atomic E-state index is 0.118.